The Balaban J connectivity index is 1.65. The Morgan fingerprint density at radius 1 is 1.30 bits per heavy atom. The highest BCUT2D eigenvalue weighted by molar-refractivity contribution is 5.97. The van der Waals surface area contributed by atoms with Crippen molar-refractivity contribution in [3.63, 3.8) is 0 Å². The van der Waals surface area contributed by atoms with Crippen molar-refractivity contribution in [2.45, 2.75) is 25.9 Å². The molecule has 1 heterocycles. The number of nitrogens with zero attached hydrogens (tertiary/aromatic N) is 2. The summed E-state index contributed by atoms with van der Waals surface area (Å²) in [5.41, 5.74) is 1.53. The standard InChI is InChI=1S/C20H23FN4O2/c1-2-22-20(23-12-14-8-9-18(26)17(21)10-14)24-15-11-19(27)25(13-15)16-6-4-3-5-7-16/h3-10,15,26H,2,11-13H2,1H3,(H2,22,23,24). The number of para-hydroxylation sites is 1. The molecule has 3 N–H and O–H groups in total. The van der Waals surface area contributed by atoms with Crippen LogP contribution in [0.5, 0.6) is 5.75 Å². The zero-order valence-corrected chi connectivity index (χ0v) is 15.2. The molecule has 1 unspecified atom stereocenters. The van der Waals surface area contributed by atoms with E-state index in [1.54, 1.807) is 11.0 Å². The lowest BCUT2D eigenvalue weighted by Gasteiger charge is -2.19. The Morgan fingerprint density at radius 2 is 2.07 bits per heavy atom. The number of aliphatic imine (C=N–C) groups is 1. The first-order valence-corrected chi connectivity index (χ1v) is 8.94. The molecule has 6 nitrogen and oxygen atoms in total. The molecule has 27 heavy (non-hydrogen) atoms. The monoisotopic (exact) mass is 370 g/mol. The first kappa shape index (κ1) is 18.7. The van der Waals surface area contributed by atoms with Gasteiger partial charge in [-0.1, -0.05) is 24.3 Å². The molecule has 142 valence electrons. The van der Waals surface area contributed by atoms with E-state index in [4.69, 9.17) is 0 Å². The van der Waals surface area contributed by atoms with E-state index in [1.807, 2.05) is 37.3 Å². The summed E-state index contributed by atoms with van der Waals surface area (Å²) in [7, 11) is 0. The zero-order valence-electron chi connectivity index (χ0n) is 15.2. The van der Waals surface area contributed by atoms with Crippen LogP contribution in [0.3, 0.4) is 0 Å². The quantitative estimate of drug-likeness (QED) is 0.558. The molecular formula is C20H23FN4O2. The predicted molar refractivity (Wildman–Crippen MR) is 103 cm³/mol. The lowest BCUT2D eigenvalue weighted by Crippen LogP contribution is -2.44. The van der Waals surface area contributed by atoms with Crippen LogP contribution in [0.25, 0.3) is 0 Å². The fraction of sp³-hybridized carbons (Fsp3) is 0.300. The second kappa shape index (κ2) is 8.53. The van der Waals surface area contributed by atoms with Gasteiger partial charge in [0.05, 0.1) is 12.6 Å². The predicted octanol–water partition coefficient (Wildman–Crippen LogP) is 2.39. The van der Waals surface area contributed by atoms with Crippen LogP contribution in [0.1, 0.15) is 18.9 Å². The van der Waals surface area contributed by atoms with Gasteiger partial charge in [0, 0.05) is 25.2 Å². The number of hydrogen-bond donors (Lipinski definition) is 3. The van der Waals surface area contributed by atoms with Crippen molar-refractivity contribution in [3.8, 4) is 5.75 Å². The Kier molecular flexibility index (Phi) is 5.90. The van der Waals surface area contributed by atoms with Crippen LogP contribution in [0, 0.1) is 5.82 Å². The molecule has 0 radical (unpaired) electrons. The van der Waals surface area contributed by atoms with Crippen molar-refractivity contribution >= 4 is 17.6 Å². The second-order valence-electron chi connectivity index (χ2n) is 6.37. The summed E-state index contributed by atoms with van der Waals surface area (Å²) in [4.78, 5) is 18.6. The maximum atomic E-state index is 13.5. The number of carbonyl (C=O) groups excluding carboxylic acids is 1. The fourth-order valence-electron chi connectivity index (χ4n) is 2.99. The van der Waals surface area contributed by atoms with E-state index < -0.39 is 5.82 Å². The Hall–Kier alpha value is -3.09. The molecule has 2 aromatic carbocycles. The summed E-state index contributed by atoms with van der Waals surface area (Å²) >= 11 is 0. The molecule has 2 aromatic rings. The number of amides is 1. The number of anilines is 1. The molecule has 1 fully saturated rings. The second-order valence-corrected chi connectivity index (χ2v) is 6.37. The van der Waals surface area contributed by atoms with Gasteiger partial charge < -0.3 is 20.6 Å². The minimum atomic E-state index is -0.666. The van der Waals surface area contributed by atoms with E-state index in [2.05, 4.69) is 15.6 Å². The van der Waals surface area contributed by atoms with Gasteiger partial charge in [0.25, 0.3) is 0 Å². The first-order valence-electron chi connectivity index (χ1n) is 8.94. The van der Waals surface area contributed by atoms with Crippen LogP contribution >= 0.6 is 0 Å². The Labute approximate surface area is 157 Å². The number of hydrogen-bond acceptors (Lipinski definition) is 3. The highest BCUT2D eigenvalue weighted by Crippen LogP contribution is 2.21. The van der Waals surface area contributed by atoms with Crippen molar-refractivity contribution in [2.75, 3.05) is 18.0 Å². The van der Waals surface area contributed by atoms with Crippen LogP contribution in [-0.2, 0) is 11.3 Å². The van der Waals surface area contributed by atoms with Crippen LogP contribution in [0.15, 0.2) is 53.5 Å². The van der Waals surface area contributed by atoms with Crippen molar-refractivity contribution < 1.29 is 14.3 Å². The minimum absolute atomic E-state index is 0.0629. The normalized spacial score (nSPS) is 17.3. The summed E-state index contributed by atoms with van der Waals surface area (Å²) in [5, 5.41) is 15.7. The molecule has 0 saturated carbocycles. The fourth-order valence-corrected chi connectivity index (χ4v) is 2.99. The smallest absolute Gasteiger partial charge is 0.229 e. The summed E-state index contributed by atoms with van der Waals surface area (Å²) in [6, 6.07) is 13.7. The van der Waals surface area contributed by atoms with Crippen LogP contribution in [0.4, 0.5) is 10.1 Å². The third-order valence-corrected chi connectivity index (χ3v) is 4.31. The lowest BCUT2D eigenvalue weighted by molar-refractivity contribution is -0.117. The van der Waals surface area contributed by atoms with Crippen molar-refractivity contribution in [2.24, 2.45) is 4.99 Å². The number of halogens is 1. The third-order valence-electron chi connectivity index (χ3n) is 4.31. The van der Waals surface area contributed by atoms with Crippen molar-refractivity contribution in [3.05, 3.63) is 59.9 Å². The molecule has 0 spiro atoms. The summed E-state index contributed by atoms with van der Waals surface area (Å²) in [6.45, 7) is 3.43. The van der Waals surface area contributed by atoms with E-state index in [-0.39, 0.29) is 24.2 Å². The molecular weight excluding hydrogens is 347 g/mol. The number of carbonyl (C=O) groups is 1. The largest absolute Gasteiger partial charge is 0.505 e. The molecule has 1 saturated heterocycles. The van der Waals surface area contributed by atoms with Gasteiger partial charge in [-0.15, -0.1) is 0 Å². The van der Waals surface area contributed by atoms with E-state index >= 15 is 0 Å². The number of aromatic hydroxyl groups is 1. The van der Waals surface area contributed by atoms with Gasteiger partial charge in [0.1, 0.15) is 0 Å². The van der Waals surface area contributed by atoms with Gasteiger partial charge in [-0.25, -0.2) is 9.38 Å². The molecule has 0 aromatic heterocycles. The van der Waals surface area contributed by atoms with Crippen LogP contribution < -0.4 is 15.5 Å². The molecule has 0 aliphatic carbocycles. The highest BCUT2D eigenvalue weighted by atomic mass is 19.1. The zero-order chi connectivity index (χ0) is 19.2. The van der Waals surface area contributed by atoms with Gasteiger partial charge in [0.2, 0.25) is 5.91 Å². The SMILES string of the molecule is CCNC(=NCc1ccc(O)c(F)c1)NC1CC(=O)N(c2ccccc2)C1. The lowest BCUT2D eigenvalue weighted by atomic mass is 10.2. The van der Waals surface area contributed by atoms with Crippen LogP contribution in [0.2, 0.25) is 0 Å². The third kappa shape index (κ3) is 4.75. The van der Waals surface area contributed by atoms with E-state index in [0.29, 0.717) is 31.0 Å². The molecule has 1 amide bonds. The number of phenols is 1. The van der Waals surface area contributed by atoms with Crippen LogP contribution in [-0.4, -0.2) is 36.1 Å². The van der Waals surface area contributed by atoms with E-state index in [0.717, 1.165) is 5.69 Å². The highest BCUT2D eigenvalue weighted by Gasteiger charge is 2.31. The van der Waals surface area contributed by atoms with Gasteiger partial charge >= 0.3 is 0 Å². The molecule has 7 heteroatoms. The topological polar surface area (TPSA) is 77.0 Å². The number of rotatable bonds is 5. The van der Waals surface area contributed by atoms with E-state index in [9.17, 15) is 14.3 Å². The van der Waals surface area contributed by atoms with Crippen molar-refractivity contribution in [1.29, 1.82) is 0 Å². The summed E-state index contributed by atoms with van der Waals surface area (Å²) < 4.78 is 13.5. The summed E-state index contributed by atoms with van der Waals surface area (Å²) in [5.74, 6) is -0.410. The Bertz CT molecular complexity index is 826. The average molecular weight is 370 g/mol. The van der Waals surface area contributed by atoms with Gasteiger partial charge in [0.15, 0.2) is 17.5 Å². The van der Waals surface area contributed by atoms with Crippen molar-refractivity contribution in [1.82, 2.24) is 10.6 Å². The number of nitrogens with one attached hydrogen (secondary N) is 2. The Morgan fingerprint density at radius 3 is 2.78 bits per heavy atom. The minimum Gasteiger partial charge on any atom is -0.505 e. The molecule has 1 aliphatic rings. The molecule has 3 rings (SSSR count). The maximum Gasteiger partial charge on any atom is 0.229 e. The molecule has 1 atom stereocenters. The van der Waals surface area contributed by atoms with Gasteiger partial charge in [-0.3, -0.25) is 4.79 Å². The molecule has 0 bridgehead atoms. The van der Waals surface area contributed by atoms with Gasteiger partial charge in [-0.05, 0) is 36.8 Å². The maximum absolute atomic E-state index is 13.5. The average Bonchev–Trinajstić information content (AvgIpc) is 3.03. The first-order chi connectivity index (χ1) is 13.1. The summed E-state index contributed by atoms with van der Waals surface area (Å²) in [6.07, 6.45) is 0.382. The number of phenolic OH excluding ortho intramolecular Hbond substituents is 1. The number of guanidine groups is 1. The molecule has 1 aliphatic heterocycles. The number of benzene rings is 2. The van der Waals surface area contributed by atoms with E-state index in [1.165, 1.54) is 12.1 Å². The van der Waals surface area contributed by atoms with Gasteiger partial charge in [-0.2, -0.15) is 0 Å².